The van der Waals surface area contributed by atoms with Gasteiger partial charge in [-0.25, -0.2) is 4.79 Å². The number of aliphatic hydroxyl groups is 1. The summed E-state index contributed by atoms with van der Waals surface area (Å²) in [4.78, 5) is 13.8. The molecule has 0 unspecified atom stereocenters. The summed E-state index contributed by atoms with van der Waals surface area (Å²) in [5.41, 5.74) is 0.531. The van der Waals surface area contributed by atoms with E-state index in [1.165, 1.54) is 7.11 Å². The Morgan fingerprint density at radius 1 is 1.63 bits per heavy atom. The van der Waals surface area contributed by atoms with E-state index < -0.39 is 0 Å². The Morgan fingerprint density at radius 3 is 3.11 bits per heavy atom. The number of nitrogens with one attached hydrogen (secondary N) is 1. The van der Waals surface area contributed by atoms with Gasteiger partial charge in [0, 0.05) is 11.6 Å². The first-order valence-electron chi connectivity index (χ1n) is 6.17. The number of carbonyl (C=O) groups is 1. The molecule has 1 fully saturated rings. The normalized spacial score (nSPS) is 18.5. The average Bonchev–Trinajstić information content (AvgIpc) is 2.87. The number of anilines is 1. The molecule has 1 atom stereocenters. The number of nitrogens with zero attached hydrogens (tertiary/aromatic N) is 1. The maximum Gasteiger partial charge on any atom is 0.322 e. The average molecular weight is 285 g/mol. The van der Waals surface area contributed by atoms with Crippen molar-refractivity contribution in [2.75, 3.05) is 25.6 Å². The first-order chi connectivity index (χ1) is 9.15. The minimum atomic E-state index is -0.239. The molecule has 0 aliphatic carbocycles. The fraction of sp³-hybridized carbons (Fsp3) is 0.462. The van der Waals surface area contributed by atoms with Gasteiger partial charge in [0.25, 0.3) is 0 Å². The van der Waals surface area contributed by atoms with Crippen molar-refractivity contribution in [1.82, 2.24) is 4.90 Å². The second-order valence-corrected chi connectivity index (χ2v) is 4.88. The van der Waals surface area contributed by atoms with Crippen LogP contribution in [-0.4, -0.2) is 42.3 Å². The molecule has 0 bridgehead atoms. The molecule has 1 aromatic carbocycles. The van der Waals surface area contributed by atoms with Gasteiger partial charge in [0.05, 0.1) is 25.4 Å². The van der Waals surface area contributed by atoms with Gasteiger partial charge in [-0.05, 0) is 31.0 Å². The number of methoxy groups -OCH3 is 1. The predicted octanol–water partition coefficient (Wildman–Crippen LogP) is 2.34. The molecule has 1 aromatic rings. The third-order valence-corrected chi connectivity index (χ3v) is 3.49. The summed E-state index contributed by atoms with van der Waals surface area (Å²) in [5.74, 6) is 0.553. The molecule has 0 radical (unpaired) electrons. The number of carbonyl (C=O) groups excluding carboxylic acids is 1. The van der Waals surface area contributed by atoms with Crippen LogP contribution >= 0.6 is 11.6 Å². The predicted molar refractivity (Wildman–Crippen MR) is 73.8 cm³/mol. The van der Waals surface area contributed by atoms with E-state index in [1.807, 2.05) is 0 Å². The van der Waals surface area contributed by atoms with E-state index in [-0.39, 0.29) is 18.7 Å². The second kappa shape index (κ2) is 6.12. The van der Waals surface area contributed by atoms with E-state index in [0.29, 0.717) is 23.0 Å². The third kappa shape index (κ3) is 3.11. The van der Waals surface area contributed by atoms with Gasteiger partial charge in [-0.3, -0.25) is 0 Å². The van der Waals surface area contributed by atoms with Crippen LogP contribution in [0.4, 0.5) is 10.5 Å². The summed E-state index contributed by atoms with van der Waals surface area (Å²) in [6.07, 6.45) is 1.74. The van der Waals surface area contributed by atoms with Gasteiger partial charge in [0.15, 0.2) is 0 Å². The standard InChI is InChI=1S/C13H17ClN2O3/c1-19-12-5-4-9(14)7-11(12)15-13(18)16-6-2-3-10(16)8-17/h4-5,7,10,17H,2-3,6,8H2,1H3,(H,15,18)/t10-/m1/s1. The first-order valence-corrected chi connectivity index (χ1v) is 6.55. The molecule has 0 aromatic heterocycles. The van der Waals surface area contributed by atoms with Crippen molar-refractivity contribution >= 4 is 23.3 Å². The number of aliphatic hydroxyl groups excluding tert-OH is 1. The van der Waals surface area contributed by atoms with Crippen LogP contribution in [0.25, 0.3) is 0 Å². The summed E-state index contributed by atoms with van der Waals surface area (Å²) in [5, 5.41) is 12.5. The van der Waals surface area contributed by atoms with Crippen LogP contribution in [0.1, 0.15) is 12.8 Å². The Balaban J connectivity index is 2.12. The Bertz CT molecular complexity index is 467. The molecule has 2 N–H and O–H groups in total. The van der Waals surface area contributed by atoms with Crippen LogP contribution in [0.5, 0.6) is 5.75 Å². The zero-order chi connectivity index (χ0) is 13.8. The fourth-order valence-electron chi connectivity index (χ4n) is 2.26. The molecule has 0 saturated carbocycles. The maximum atomic E-state index is 12.2. The monoisotopic (exact) mass is 284 g/mol. The van der Waals surface area contributed by atoms with E-state index in [9.17, 15) is 9.90 Å². The lowest BCUT2D eigenvalue weighted by atomic mass is 10.2. The smallest absolute Gasteiger partial charge is 0.322 e. The highest BCUT2D eigenvalue weighted by Gasteiger charge is 2.28. The lowest BCUT2D eigenvalue weighted by Gasteiger charge is -2.23. The van der Waals surface area contributed by atoms with Gasteiger partial charge < -0.3 is 20.1 Å². The molecule has 1 aliphatic heterocycles. The van der Waals surface area contributed by atoms with Gasteiger partial charge in [-0.1, -0.05) is 11.6 Å². The molecule has 0 spiro atoms. The van der Waals surface area contributed by atoms with Crippen molar-refractivity contribution in [3.05, 3.63) is 23.2 Å². The van der Waals surface area contributed by atoms with Crippen molar-refractivity contribution in [2.24, 2.45) is 0 Å². The highest BCUT2D eigenvalue weighted by Crippen LogP contribution is 2.28. The molecule has 2 rings (SSSR count). The van der Waals surface area contributed by atoms with E-state index in [4.69, 9.17) is 16.3 Å². The lowest BCUT2D eigenvalue weighted by Crippen LogP contribution is -2.40. The third-order valence-electron chi connectivity index (χ3n) is 3.25. The Hall–Kier alpha value is -1.46. The Kier molecular flexibility index (Phi) is 4.50. The van der Waals surface area contributed by atoms with Crippen molar-refractivity contribution in [2.45, 2.75) is 18.9 Å². The summed E-state index contributed by atoms with van der Waals surface area (Å²) >= 11 is 5.91. The van der Waals surface area contributed by atoms with Crippen molar-refractivity contribution in [3.8, 4) is 5.75 Å². The molecule has 2 amide bonds. The van der Waals surface area contributed by atoms with Gasteiger partial charge in [0.2, 0.25) is 0 Å². The highest BCUT2D eigenvalue weighted by atomic mass is 35.5. The molecule has 1 heterocycles. The van der Waals surface area contributed by atoms with E-state index in [0.717, 1.165) is 12.8 Å². The minimum absolute atomic E-state index is 0.0138. The number of halogens is 1. The number of amides is 2. The SMILES string of the molecule is COc1ccc(Cl)cc1NC(=O)N1CCC[C@@H]1CO. The summed E-state index contributed by atoms with van der Waals surface area (Å²) in [6.45, 7) is 0.639. The zero-order valence-corrected chi connectivity index (χ0v) is 11.5. The van der Waals surface area contributed by atoms with Crippen molar-refractivity contribution in [3.63, 3.8) is 0 Å². The van der Waals surface area contributed by atoms with Crippen LogP contribution in [0.15, 0.2) is 18.2 Å². The number of benzene rings is 1. The van der Waals surface area contributed by atoms with Crippen LogP contribution in [0.2, 0.25) is 5.02 Å². The summed E-state index contributed by atoms with van der Waals surface area (Å²) in [6, 6.07) is 4.69. The van der Waals surface area contributed by atoms with Gasteiger partial charge >= 0.3 is 6.03 Å². The van der Waals surface area contributed by atoms with Crippen LogP contribution < -0.4 is 10.1 Å². The van der Waals surface area contributed by atoms with E-state index >= 15 is 0 Å². The number of hydrogen-bond acceptors (Lipinski definition) is 3. The molecular weight excluding hydrogens is 268 g/mol. The molecule has 104 valence electrons. The second-order valence-electron chi connectivity index (χ2n) is 4.45. The molecule has 19 heavy (non-hydrogen) atoms. The number of hydrogen-bond donors (Lipinski definition) is 2. The zero-order valence-electron chi connectivity index (χ0n) is 10.7. The Morgan fingerprint density at radius 2 is 2.42 bits per heavy atom. The fourth-order valence-corrected chi connectivity index (χ4v) is 2.43. The minimum Gasteiger partial charge on any atom is -0.495 e. The van der Waals surface area contributed by atoms with Gasteiger partial charge in [-0.2, -0.15) is 0 Å². The first kappa shape index (κ1) is 14.0. The number of urea groups is 1. The molecule has 6 heteroatoms. The number of ether oxygens (including phenoxy) is 1. The van der Waals surface area contributed by atoms with Crippen LogP contribution in [0, 0.1) is 0 Å². The van der Waals surface area contributed by atoms with Crippen molar-refractivity contribution < 1.29 is 14.6 Å². The van der Waals surface area contributed by atoms with Crippen LogP contribution in [0.3, 0.4) is 0 Å². The van der Waals surface area contributed by atoms with Gasteiger partial charge in [0.1, 0.15) is 5.75 Å². The van der Waals surface area contributed by atoms with E-state index in [2.05, 4.69) is 5.32 Å². The topological polar surface area (TPSA) is 61.8 Å². The largest absolute Gasteiger partial charge is 0.495 e. The molecule has 1 saturated heterocycles. The molecule has 5 nitrogen and oxygen atoms in total. The molecule has 1 aliphatic rings. The number of likely N-dealkylation sites (tertiary alicyclic amines) is 1. The van der Waals surface area contributed by atoms with Crippen molar-refractivity contribution in [1.29, 1.82) is 0 Å². The van der Waals surface area contributed by atoms with E-state index in [1.54, 1.807) is 23.1 Å². The van der Waals surface area contributed by atoms with Gasteiger partial charge in [-0.15, -0.1) is 0 Å². The quantitative estimate of drug-likeness (QED) is 0.895. The summed E-state index contributed by atoms with van der Waals surface area (Å²) in [7, 11) is 1.53. The highest BCUT2D eigenvalue weighted by molar-refractivity contribution is 6.31. The van der Waals surface area contributed by atoms with Crippen LogP contribution in [-0.2, 0) is 0 Å². The lowest BCUT2D eigenvalue weighted by molar-refractivity contribution is 0.166. The number of rotatable bonds is 3. The Labute approximate surface area is 117 Å². The summed E-state index contributed by atoms with van der Waals surface area (Å²) < 4.78 is 5.18. The maximum absolute atomic E-state index is 12.2. The molecular formula is C13H17ClN2O3.